The summed E-state index contributed by atoms with van der Waals surface area (Å²) in [5, 5.41) is 11.5. The van der Waals surface area contributed by atoms with E-state index in [-0.39, 0.29) is 11.8 Å². The predicted octanol–water partition coefficient (Wildman–Crippen LogP) is 1.80. The highest BCUT2D eigenvalue weighted by Gasteiger charge is 2.08. The zero-order chi connectivity index (χ0) is 9.14. The molecule has 0 aliphatic rings. The van der Waals surface area contributed by atoms with Gasteiger partial charge in [-0.15, -0.1) is 0 Å². The van der Waals surface area contributed by atoms with Crippen LogP contribution in [0.1, 0.15) is 24.4 Å². The Labute approximate surface area is 70.2 Å². The van der Waals surface area contributed by atoms with Crippen molar-refractivity contribution >= 4 is 11.9 Å². The first-order valence-electron chi connectivity index (χ1n) is 3.69. The van der Waals surface area contributed by atoms with Crippen LogP contribution in [0.4, 0.5) is 5.88 Å². The van der Waals surface area contributed by atoms with Crippen LogP contribution in [-0.4, -0.2) is 17.1 Å². The fourth-order valence-electron chi connectivity index (χ4n) is 0.815. The van der Waals surface area contributed by atoms with Gasteiger partial charge in [0.05, 0.1) is 0 Å². The lowest BCUT2D eigenvalue weighted by Gasteiger charge is -2.04. The zero-order valence-corrected chi connectivity index (χ0v) is 7.00. The summed E-state index contributed by atoms with van der Waals surface area (Å²) in [4.78, 5) is 10.4. The van der Waals surface area contributed by atoms with Crippen LogP contribution in [0.3, 0.4) is 0 Å². The second kappa shape index (κ2) is 3.30. The number of carboxylic acids is 1. The molecule has 0 bridgehead atoms. The van der Waals surface area contributed by atoms with E-state index in [9.17, 15) is 4.79 Å². The van der Waals surface area contributed by atoms with Crippen molar-refractivity contribution in [3.8, 4) is 0 Å². The van der Waals surface area contributed by atoms with Crippen LogP contribution < -0.4 is 5.32 Å². The second-order valence-electron chi connectivity index (χ2n) is 2.77. The molecule has 0 aromatic carbocycles. The van der Waals surface area contributed by atoms with Crippen LogP contribution in [-0.2, 0) is 0 Å². The second-order valence-corrected chi connectivity index (χ2v) is 2.77. The van der Waals surface area contributed by atoms with Crippen molar-refractivity contribution in [1.82, 2.24) is 0 Å². The third-order valence-corrected chi connectivity index (χ3v) is 1.25. The fraction of sp³-hybridized carbons (Fsp3) is 0.375. The van der Waals surface area contributed by atoms with Crippen molar-refractivity contribution in [2.24, 2.45) is 0 Å². The molecule has 12 heavy (non-hydrogen) atoms. The number of aromatic carboxylic acids is 1. The third kappa shape index (κ3) is 2.02. The highest BCUT2D eigenvalue weighted by atomic mass is 16.4. The Kier molecular flexibility index (Phi) is 2.38. The van der Waals surface area contributed by atoms with Gasteiger partial charge in [-0.2, -0.15) is 0 Å². The molecule has 1 aromatic rings. The lowest BCUT2D eigenvalue weighted by Crippen LogP contribution is -2.08. The minimum absolute atomic E-state index is 0.0434. The molecule has 0 unspecified atom stereocenters. The Hall–Kier alpha value is -1.45. The van der Waals surface area contributed by atoms with Gasteiger partial charge in [-0.3, -0.25) is 0 Å². The Balaban J connectivity index is 2.71. The van der Waals surface area contributed by atoms with Crippen molar-refractivity contribution in [2.45, 2.75) is 19.9 Å². The highest BCUT2D eigenvalue weighted by Crippen LogP contribution is 2.13. The van der Waals surface area contributed by atoms with Gasteiger partial charge in [-0.25, -0.2) is 4.79 Å². The van der Waals surface area contributed by atoms with Gasteiger partial charge in [0.25, 0.3) is 0 Å². The SMILES string of the molecule is CC(C)Nc1ccc(C(=O)O)o1. The molecule has 2 N–H and O–H groups in total. The topological polar surface area (TPSA) is 62.5 Å². The number of rotatable bonds is 3. The average molecular weight is 169 g/mol. The molecule has 1 aromatic heterocycles. The molecule has 0 saturated heterocycles. The first-order chi connectivity index (χ1) is 5.59. The molecule has 0 amide bonds. The molecule has 0 aliphatic carbocycles. The van der Waals surface area contributed by atoms with Crippen LogP contribution in [0.15, 0.2) is 16.5 Å². The minimum atomic E-state index is -1.05. The van der Waals surface area contributed by atoms with Gasteiger partial charge in [0.15, 0.2) is 5.88 Å². The number of carbonyl (C=O) groups is 1. The normalized spacial score (nSPS) is 10.2. The summed E-state index contributed by atoms with van der Waals surface area (Å²) in [5.74, 6) is -0.604. The summed E-state index contributed by atoms with van der Waals surface area (Å²) in [6.45, 7) is 3.89. The van der Waals surface area contributed by atoms with Crippen LogP contribution in [0.5, 0.6) is 0 Å². The minimum Gasteiger partial charge on any atom is -0.475 e. The molecule has 1 heterocycles. The van der Waals surface area contributed by atoms with Gasteiger partial charge in [0.1, 0.15) is 0 Å². The highest BCUT2D eigenvalue weighted by molar-refractivity contribution is 5.84. The van der Waals surface area contributed by atoms with E-state index in [1.165, 1.54) is 6.07 Å². The zero-order valence-electron chi connectivity index (χ0n) is 7.00. The maximum atomic E-state index is 10.4. The van der Waals surface area contributed by atoms with Crippen LogP contribution in [0.2, 0.25) is 0 Å². The van der Waals surface area contributed by atoms with Gasteiger partial charge in [-0.1, -0.05) is 0 Å². The largest absolute Gasteiger partial charge is 0.475 e. The van der Waals surface area contributed by atoms with Gasteiger partial charge < -0.3 is 14.8 Å². The molecule has 4 heteroatoms. The first-order valence-corrected chi connectivity index (χ1v) is 3.69. The molecule has 0 spiro atoms. The number of hydrogen-bond acceptors (Lipinski definition) is 3. The number of anilines is 1. The lowest BCUT2D eigenvalue weighted by molar-refractivity contribution is 0.0663. The third-order valence-electron chi connectivity index (χ3n) is 1.25. The first kappa shape index (κ1) is 8.64. The molecular formula is C8H11NO3. The van der Waals surface area contributed by atoms with Gasteiger partial charge in [-0.05, 0) is 19.9 Å². The smallest absolute Gasteiger partial charge is 0.371 e. The molecule has 0 saturated carbocycles. The summed E-state index contributed by atoms with van der Waals surface area (Å²) in [7, 11) is 0. The summed E-state index contributed by atoms with van der Waals surface area (Å²) >= 11 is 0. The molecule has 1 rings (SSSR count). The van der Waals surface area contributed by atoms with Crippen molar-refractivity contribution in [1.29, 1.82) is 0 Å². The Morgan fingerprint density at radius 2 is 2.25 bits per heavy atom. The fourth-order valence-corrected chi connectivity index (χ4v) is 0.815. The lowest BCUT2D eigenvalue weighted by atomic mass is 10.4. The van der Waals surface area contributed by atoms with Gasteiger partial charge in [0, 0.05) is 12.1 Å². The van der Waals surface area contributed by atoms with E-state index >= 15 is 0 Å². The summed E-state index contributed by atoms with van der Waals surface area (Å²) < 4.78 is 4.95. The van der Waals surface area contributed by atoms with Crippen molar-refractivity contribution < 1.29 is 14.3 Å². The van der Waals surface area contributed by atoms with Gasteiger partial charge >= 0.3 is 5.97 Å². The molecular weight excluding hydrogens is 158 g/mol. The quantitative estimate of drug-likeness (QED) is 0.724. The van der Waals surface area contributed by atoms with Crippen LogP contribution >= 0.6 is 0 Å². The van der Waals surface area contributed by atoms with Crippen molar-refractivity contribution in [3.05, 3.63) is 17.9 Å². The van der Waals surface area contributed by atoms with E-state index < -0.39 is 5.97 Å². The predicted molar refractivity (Wildman–Crippen MR) is 44.4 cm³/mol. The molecule has 0 fully saturated rings. The summed E-state index contributed by atoms with van der Waals surface area (Å²) in [5.41, 5.74) is 0. The summed E-state index contributed by atoms with van der Waals surface area (Å²) in [6.07, 6.45) is 0. The van der Waals surface area contributed by atoms with E-state index in [0.29, 0.717) is 5.88 Å². The number of carboxylic acid groups (broad SMARTS) is 1. The average Bonchev–Trinajstić information content (AvgIpc) is 2.34. The van der Waals surface area contributed by atoms with Gasteiger partial charge in [0.2, 0.25) is 5.76 Å². The maximum absolute atomic E-state index is 10.4. The molecule has 0 aliphatic heterocycles. The monoisotopic (exact) mass is 169 g/mol. The Morgan fingerprint density at radius 3 is 2.67 bits per heavy atom. The number of nitrogens with one attached hydrogen (secondary N) is 1. The van der Waals surface area contributed by atoms with Crippen LogP contribution in [0, 0.1) is 0 Å². The number of hydrogen-bond donors (Lipinski definition) is 2. The molecule has 4 nitrogen and oxygen atoms in total. The number of furan rings is 1. The van der Waals surface area contributed by atoms with E-state index in [2.05, 4.69) is 5.32 Å². The Morgan fingerprint density at radius 1 is 1.58 bits per heavy atom. The van der Waals surface area contributed by atoms with E-state index in [4.69, 9.17) is 9.52 Å². The standard InChI is InChI=1S/C8H11NO3/c1-5(2)9-7-4-3-6(12-7)8(10)11/h3-5,9H,1-2H3,(H,10,11). The summed E-state index contributed by atoms with van der Waals surface area (Å²) in [6, 6.07) is 3.26. The van der Waals surface area contributed by atoms with E-state index in [0.717, 1.165) is 0 Å². The molecule has 0 atom stereocenters. The molecule has 66 valence electrons. The molecule has 0 radical (unpaired) electrons. The van der Waals surface area contributed by atoms with E-state index in [1.54, 1.807) is 6.07 Å². The maximum Gasteiger partial charge on any atom is 0.371 e. The van der Waals surface area contributed by atoms with Crippen molar-refractivity contribution in [2.75, 3.05) is 5.32 Å². The van der Waals surface area contributed by atoms with E-state index in [1.807, 2.05) is 13.8 Å². The van der Waals surface area contributed by atoms with Crippen LogP contribution in [0.25, 0.3) is 0 Å². The Bertz CT molecular complexity index is 278. The van der Waals surface area contributed by atoms with Crippen molar-refractivity contribution in [3.63, 3.8) is 0 Å².